The van der Waals surface area contributed by atoms with Crippen LogP contribution < -0.4 is 10.2 Å². The van der Waals surface area contributed by atoms with Crippen LogP contribution in [0.4, 0.5) is 23.0 Å². The average Bonchev–Trinajstić information content (AvgIpc) is 2.93. The number of benzene rings is 1. The number of nitroso groups, excluding NO2 is 1. The molecular weight excluding hydrogens is 336 g/mol. The van der Waals surface area contributed by atoms with Crippen molar-refractivity contribution in [3.8, 4) is 10.6 Å². The Morgan fingerprint density at radius 3 is 2.60 bits per heavy atom. The van der Waals surface area contributed by atoms with Crippen LogP contribution in [0, 0.1) is 18.8 Å². The van der Waals surface area contributed by atoms with Crippen LogP contribution >= 0.6 is 11.3 Å². The summed E-state index contributed by atoms with van der Waals surface area (Å²) in [5.74, 6) is 0.456. The number of aryl methyl sites for hydroxylation is 2. The molecule has 25 heavy (non-hydrogen) atoms. The molecule has 2 heterocycles. The van der Waals surface area contributed by atoms with E-state index in [1.165, 1.54) is 0 Å². The molecular formula is C17H18N6OS. The summed E-state index contributed by atoms with van der Waals surface area (Å²) in [6.07, 6.45) is 1.70. The van der Waals surface area contributed by atoms with E-state index in [4.69, 9.17) is 0 Å². The van der Waals surface area contributed by atoms with E-state index in [9.17, 15) is 4.91 Å². The van der Waals surface area contributed by atoms with E-state index in [2.05, 4.69) is 25.4 Å². The lowest BCUT2D eigenvalue weighted by molar-refractivity contribution is 1.13. The second kappa shape index (κ2) is 6.94. The van der Waals surface area contributed by atoms with E-state index in [-0.39, 0.29) is 0 Å². The van der Waals surface area contributed by atoms with Crippen LogP contribution in [0.15, 0.2) is 35.6 Å². The third kappa shape index (κ3) is 3.63. The zero-order valence-electron chi connectivity index (χ0n) is 14.4. The molecule has 0 aliphatic rings. The molecule has 0 aliphatic carbocycles. The second-order valence-corrected chi connectivity index (χ2v) is 6.93. The van der Waals surface area contributed by atoms with Gasteiger partial charge in [0.2, 0.25) is 5.95 Å². The van der Waals surface area contributed by atoms with Crippen molar-refractivity contribution in [1.29, 1.82) is 0 Å². The fraction of sp³-hybridized carbons (Fsp3) is 0.235. The lowest BCUT2D eigenvalue weighted by atomic mass is 10.2. The van der Waals surface area contributed by atoms with Gasteiger partial charge in [-0.2, -0.15) is 0 Å². The van der Waals surface area contributed by atoms with Gasteiger partial charge < -0.3 is 10.2 Å². The first-order valence-corrected chi connectivity index (χ1v) is 8.49. The zero-order chi connectivity index (χ0) is 18.0. The summed E-state index contributed by atoms with van der Waals surface area (Å²) in [5, 5.41) is 7.22. The van der Waals surface area contributed by atoms with Crippen molar-refractivity contribution in [1.82, 2.24) is 15.0 Å². The molecule has 0 radical (unpaired) electrons. The maximum absolute atomic E-state index is 11.1. The van der Waals surface area contributed by atoms with Gasteiger partial charge in [0, 0.05) is 26.0 Å². The highest BCUT2D eigenvalue weighted by Crippen LogP contribution is 2.32. The lowest BCUT2D eigenvalue weighted by Gasteiger charge is -2.15. The summed E-state index contributed by atoms with van der Waals surface area (Å²) in [6, 6.07) is 7.24. The first kappa shape index (κ1) is 17.0. The Kier molecular flexibility index (Phi) is 4.71. The standard InChI is InChI=1S/C17H18N6OS/c1-10-16(25-11(2)19-10)13-7-8-18-17(21-13)20-12-5-6-15(23(3)4)14(9-12)22-24/h5-9H,1-4H3,(H,18,20,21). The van der Waals surface area contributed by atoms with E-state index in [0.717, 1.165) is 27.0 Å². The highest BCUT2D eigenvalue weighted by Gasteiger charge is 2.11. The van der Waals surface area contributed by atoms with Crippen molar-refractivity contribution >= 4 is 34.3 Å². The monoisotopic (exact) mass is 354 g/mol. The molecule has 3 rings (SSSR count). The average molecular weight is 354 g/mol. The summed E-state index contributed by atoms with van der Waals surface area (Å²) < 4.78 is 0. The van der Waals surface area contributed by atoms with Crippen molar-refractivity contribution < 1.29 is 0 Å². The predicted octanol–water partition coefficient (Wildman–Crippen LogP) is 4.42. The molecule has 0 atom stereocenters. The van der Waals surface area contributed by atoms with Crippen LogP contribution in [-0.4, -0.2) is 29.0 Å². The maximum atomic E-state index is 11.1. The smallest absolute Gasteiger partial charge is 0.227 e. The Hall–Kier alpha value is -2.87. The molecule has 1 aromatic carbocycles. The third-order valence-electron chi connectivity index (χ3n) is 3.60. The predicted molar refractivity (Wildman–Crippen MR) is 102 cm³/mol. The van der Waals surface area contributed by atoms with E-state index in [0.29, 0.717) is 17.3 Å². The normalized spacial score (nSPS) is 10.6. The van der Waals surface area contributed by atoms with Crippen LogP contribution in [-0.2, 0) is 0 Å². The number of nitrogens with one attached hydrogen (secondary N) is 1. The van der Waals surface area contributed by atoms with Gasteiger partial charge in [-0.05, 0) is 43.3 Å². The number of hydrogen-bond acceptors (Lipinski definition) is 8. The van der Waals surface area contributed by atoms with Gasteiger partial charge in [-0.15, -0.1) is 16.2 Å². The molecule has 128 valence electrons. The lowest BCUT2D eigenvalue weighted by Crippen LogP contribution is -2.08. The minimum Gasteiger partial charge on any atom is -0.376 e. The van der Waals surface area contributed by atoms with Crippen LogP contribution in [0.25, 0.3) is 10.6 Å². The number of hydrogen-bond donors (Lipinski definition) is 1. The second-order valence-electron chi connectivity index (χ2n) is 5.73. The fourth-order valence-corrected chi connectivity index (χ4v) is 3.39. The van der Waals surface area contributed by atoms with Crippen LogP contribution in [0.5, 0.6) is 0 Å². The van der Waals surface area contributed by atoms with Gasteiger partial charge in [0.15, 0.2) is 0 Å². The molecule has 0 saturated heterocycles. The van der Waals surface area contributed by atoms with Crippen LogP contribution in [0.2, 0.25) is 0 Å². The molecule has 0 amide bonds. The number of thiazole rings is 1. The van der Waals surface area contributed by atoms with Crippen LogP contribution in [0.1, 0.15) is 10.7 Å². The minimum atomic E-state index is 0.361. The summed E-state index contributed by atoms with van der Waals surface area (Å²) in [4.78, 5) is 27.2. The summed E-state index contributed by atoms with van der Waals surface area (Å²) in [6.45, 7) is 3.94. The molecule has 0 saturated carbocycles. The van der Waals surface area contributed by atoms with Crippen molar-refractivity contribution in [2.24, 2.45) is 5.18 Å². The van der Waals surface area contributed by atoms with Gasteiger partial charge in [0.05, 0.1) is 27.0 Å². The molecule has 0 fully saturated rings. The van der Waals surface area contributed by atoms with E-state index in [1.807, 2.05) is 51.0 Å². The van der Waals surface area contributed by atoms with Gasteiger partial charge in [-0.25, -0.2) is 15.0 Å². The van der Waals surface area contributed by atoms with Gasteiger partial charge in [0.25, 0.3) is 0 Å². The largest absolute Gasteiger partial charge is 0.376 e. The molecule has 0 aliphatic heterocycles. The summed E-state index contributed by atoms with van der Waals surface area (Å²) in [7, 11) is 3.73. The van der Waals surface area contributed by atoms with E-state index in [1.54, 1.807) is 23.6 Å². The van der Waals surface area contributed by atoms with Gasteiger partial charge in [-0.1, -0.05) is 0 Å². The quantitative estimate of drug-likeness (QED) is 0.683. The topological polar surface area (TPSA) is 83.4 Å². The highest BCUT2D eigenvalue weighted by molar-refractivity contribution is 7.15. The van der Waals surface area contributed by atoms with Crippen molar-refractivity contribution in [3.05, 3.63) is 46.1 Å². The molecule has 0 bridgehead atoms. The molecule has 2 aromatic heterocycles. The molecule has 7 nitrogen and oxygen atoms in total. The summed E-state index contributed by atoms with van der Waals surface area (Å²) >= 11 is 1.60. The first-order valence-electron chi connectivity index (χ1n) is 7.67. The molecule has 0 spiro atoms. The molecule has 3 aromatic rings. The Balaban J connectivity index is 1.90. The molecule has 1 N–H and O–H groups in total. The first-order chi connectivity index (χ1) is 12.0. The Bertz CT molecular complexity index is 921. The molecule has 8 heteroatoms. The number of anilines is 3. The third-order valence-corrected chi connectivity index (χ3v) is 4.70. The van der Waals surface area contributed by atoms with E-state index >= 15 is 0 Å². The summed E-state index contributed by atoms with van der Waals surface area (Å²) in [5.41, 5.74) is 3.59. The number of nitrogens with zero attached hydrogens (tertiary/aromatic N) is 5. The maximum Gasteiger partial charge on any atom is 0.227 e. The molecule has 0 unspecified atom stereocenters. The van der Waals surface area contributed by atoms with Crippen molar-refractivity contribution in [3.63, 3.8) is 0 Å². The Labute approximate surface area is 149 Å². The van der Waals surface area contributed by atoms with Gasteiger partial charge >= 0.3 is 0 Å². The van der Waals surface area contributed by atoms with Crippen LogP contribution in [0.3, 0.4) is 0 Å². The number of rotatable bonds is 5. The van der Waals surface area contributed by atoms with Crippen molar-refractivity contribution in [2.75, 3.05) is 24.3 Å². The van der Waals surface area contributed by atoms with Crippen molar-refractivity contribution in [2.45, 2.75) is 13.8 Å². The van der Waals surface area contributed by atoms with Gasteiger partial charge in [-0.3, -0.25) is 0 Å². The number of aromatic nitrogens is 3. The zero-order valence-corrected chi connectivity index (χ0v) is 15.3. The minimum absolute atomic E-state index is 0.361. The Morgan fingerprint density at radius 2 is 1.96 bits per heavy atom. The fourth-order valence-electron chi connectivity index (χ4n) is 2.50. The SMILES string of the molecule is Cc1nc(C)c(-c2ccnc(Nc3ccc(N(C)C)c(N=O)c3)n2)s1. The Morgan fingerprint density at radius 1 is 1.16 bits per heavy atom. The van der Waals surface area contributed by atoms with E-state index < -0.39 is 0 Å². The highest BCUT2D eigenvalue weighted by atomic mass is 32.1. The van der Waals surface area contributed by atoms with Gasteiger partial charge in [0.1, 0.15) is 5.69 Å².